The Morgan fingerprint density at radius 3 is 2.47 bits per heavy atom. The smallest absolute Gasteiger partial charge is 0.389 e. The molecule has 108 valence electrons. The van der Waals surface area contributed by atoms with Crippen LogP contribution in [-0.4, -0.2) is 37.1 Å². The van der Waals surface area contributed by atoms with Crippen molar-refractivity contribution in [3.63, 3.8) is 0 Å². The lowest BCUT2D eigenvalue weighted by Crippen LogP contribution is -2.36. The second-order valence-electron chi connectivity index (χ2n) is 4.04. The zero-order valence-corrected chi connectivity index (χ0v) is 10.8. The van der Waals surface area contributed by atoms with Crippen molar-refractivity contribution >= 4 is 11.6 Å². The molecule has 0 aliphatic rings. The quantitative estimate of drug-likeness (QED) is 0.812. The lowest BCUT2D eigenvalue weighted by Gasteiger charge is -2.13. The first-order valence-electron chi connectivity index (χ1n) is 5.64. The summed E-state index contributed by atoms with van der Waals surface area (Å²) in [5.74, 6) is 0. The standard InChI is InChI=1S/C12H15ClF3NO2/c13-10-3-1-9(2-4-10)6-19-7-11(18)5-17-8-12(14,15)16/h1-4,11,17-18H,5-8H2. The molecule has 0 bridgehead atoms. The molecule has 19 heavy (non-hydrogen) atoms. The Morgan fingerprint density at radius 1 is 1.26 bits per heavy atom. The van der Waals surface area contributed by atoms with Gasteiger partial charge in [-0.25, -0.2) is 0 Å². The van der Waals surface area contributed by atoms with Crippen molar-refractivity contribution in [3.05, 3.63) is 34.9 Å². The number of aliphatic hydroxyl groups is 1. The van der Waals surface area contributed by atoms with Gasteiger partial charge in [-0.05, 0) is 17.7 Å². The molecule has 0 aliphatic heterocycles. The van der Waals surface area contributed by atoms with E-state index < -0.39 is 18.8 Å². The van der Waals surface area contributed by atoms with Gasteiger partial charge in [-0.3, -0.25) is 0 Å². The van der Waals surface area contributed by atoms with Crippen LogP contribution >= 0.6 is 11.6 Å². The maximum absolute atomic E-state index is 11.8. The Morgan fingerprint density at radius 2 is 1.89 bits per heavy atom. The maximum atomic E-state index is 11.8. The average molecular weight is 298 g/mol. The Hall–Kier alpha value is -0.820. The second kappa shape index (κ2) is 7.69. The fourth-order valence-electron chi connectivity index (χ4n) is 1.33. The Bertz CT molecular complexity index is 370. The van der Waals surface area contributed by atoms with Gasteiger partial charge in [0.05, 0.1) is 25.9 Å². The van der Waals surface area contributed by atoms with Crippen LogP contribution in [0.1, 0.15) is 5.56 Å². The molecule has 0 saturated carbocycles. The molecule has 7 heteroatoms. The molecule has 2 N–H and O–H groups in total. The highest BCUT2D eigenvalue weighted by Gasteiger charge is 2.26. The molecule has 0 spiro atoms. The van der Waals surface area contributed by atoms with Crippen LogP contribution in [-0.2, 0) is 11.3 Å². The molecule has 0 heterocycles. The van der Waals surface area contributed by atoms with Crippen LogP contribution in [0.5, 0.6) is 0 Å². The molecule has 0 fully saturated rings. The van der Waals surface area contributed by atoms with Crippen LogP contribution < -0.4 is 5.32 Å². The van der Waals surface area contributed by atoms with Gasteiger partial charge < -0.3 is 15.2 Å². The van der Waals surface area contributed by atoms with E-state index in [4.69, 9.17) is 16.3 Å². The third-order valence-corrected chi connectivity index (χ3v) is 2.45. The van der Waals surface area contributed by atoms with E-state index in [-0.39, 0.29) is 19.8 Å². The number of hydrogen-bond donors (Lipinski definition) is 2. The van der Waals surface area contributed by atoms with Crippen molar-refractivity contribution in [1.82, 2.24) is 5.32 Å². The largest absolute Gasteiger partial charge is 0.401 e. The van der Waals surface area contributed by atoms with E-state index in [1.165, 1.54) is 0 Å². The minimum absolute atomic E-state index is 0.0342. The molecule has 1 rings (SSSR count). The van der Waals surface area contributed by atoms with Crippen LogP contribution in [0.25, 0.3) is 0 Å². The summed E-state index contributed by atoms with van der Waals surface area (Å²) < 4.78 is 40.7. The normalized spacial score (nSPS) is 13.5. The second-order valence-corrected chi connectivity index (χ2v) is 4.48. The number of halogens is 4. The zero-order chi connectivity index (χ0) is 14.3. The van der Waals surface area contributed by atoms with E-state index in [0.717, 1.165) is 5.56 Å². The van der Waals surface area contributed by atoms with Crippen LogP contribution in [0, 0.1) is 0 Å². The monoisotopic (exact) mass is 297 g/mol. The molecule has 0 saturated heterocycles. The summed E-state index contributed by atoms with van der Waals surface area (Å²) in [7, 11) is 0. The number of rotatable bonds is 7. The number of hydrogen-bond acceptors (Lipinski definition) is 3. The Kier molecular flexibility index (Phi) is 6.57. The van der Waals surface area contributed by atoms with E-state index in [9.17, 15) is 18.3 Å². The van der Waals surface area contributed by atoms with Crippen LogP contribution in [0.15, 0.2) is 24.3 Å². The summed E-state index contributed by atoms with van der Waals surface area (Å²) in [6.07, 6.45) is -5.25. The fraction of sp³-hybridized carbons (Fsp3) is 0.500. The van der Waals surface area contributed by atoms with Crippen molar-refractivity contribution in [2.24, 2.45) is 0 Å². The van der Waals surface area contributed by atoms with Crippen molar-refractivity contribution < 1.29 is 23.0 Å². The third kappa shape index (κ3) is 8.05. The topological polar surface area (TPSA) is 41.5 Å². The van der Waals surface area contributed by atoms with Crippen LogP contribution in [0.2, 0.25) is 5.02 Å². The number of benzene rings is 1. The van der Waals surface area contributed by atoms with Crippen molar-refractivity contribution in [2.45, 2.75) is 18.9 Å². The van der Waals surface area contributed by atoms with Gasteiger partial charge in [-0.15, -0.1) is 0 Å². The Labute approximate surface area is 114 Å². The number of nitrogens with one attached hydrogen (secondary N) is 1. The molecule has 1 aromatic rings. The summed E-state index contributed by atoms with van der Waals surface area (Å²) in [6.45, 7) is -1.05. The van der Waals surface area contributed by atoms with Gasteiger partial charge >= 0.3 is 6.18 Å². The minimum Gasteiger partial charge on any atom is -0.389 e. The predicted molar refractivity (Wildman–Crippen MR) is 66.0 cm³/mol. The SMILES string of the molecule is OC(CNCC(F)(F)F)COCc1ccc(Cl)cc1. The molecule has 0 radical (unpaired) electrons. The predicted octanol–water partition coefficient (Wildman–Crippen LogP) is 2.37. The number of aliphatic hydroxyl groups excluding tert-OH is 1. The number of alkyl halides is 3. The Balaban J connectivity index is 2.13. The molecule has 0 amide bonds. The summed E-state index contributed by atoms with van der Waals surface area (Å²) in [5, 5.41) is 12.1. The summed E-state index contributed by atoms with van der Waals surface area (Å²) in [4.78, 5) is 0. The highest BCUT2D eigenvalue weighted by atomic mass is 35.5. The molecule has 1 unspecified atom stereocenters. The lowest BCUT2D eigenvalue weighted by molar-refractivity contribution is -0.125. The highest BCUT2D eigenvalue weighted by molar-refractivity contribution is 6.30. The van der Waals surface area contributed by atoms with Crippen molar-refractivity contribution in [2.75, 3.05) is 19.7 Å². The number of ether oxygens (including phenoxy) is 1. The molecule has 1 atom stereocenters. The third-order valence-electron chi connectivity index (χ3n) is 2.20. The van der Waals surface area contributed by atoms with E-state index in [2.05, 4.69) is 5.32 Å². The van der Waals surface area contributed by atoms with E-state index in [1.54, 1.807) is 24.3 Å². The molecular formula is C12H15ClF3NO2. The summed E-state index contributed by atoms with van der Waals surface area (Å²) in [5.41, 5.74) is 0.875. The van der Waals surface area contributed by atoms with Crippen LogP contribution in [0.3, 0.4) is 0 Å². The van der Waals surface area contributed by atoms with Crippen molar-refractivity contribution in [1.29, 1.82) is 0 Å². The fourth-order valence-corrected chi connectivity index (χ4v) is 1.46. The lowest BCUT2D eigenvalue weighted by atomic mass is 10.2. The molecule has 1 aromatic carbocycles. The van der Waals surface area contributed by atoms with Gasteiger partial charge in [0.25, 0.3) is 0 Å². The summed E-state index contributed by atoms with van der Waals surface area (Å²) >= 11 is 5.71. The van der Waals surface area contributed by atoms with Gasteiger partial charge in [0, 0.05) is 11.6 Å². The molecule has 3 nitrogen and oxygen atoms in total. The van der Waals surface area contributed by atoms with Gasteiger partial charge in [0.1, 0.15) is 0 Å². The van der Waals surface area contributed by atoms with Gasteiger partial charge in [-0.1, -0.05) is 23.7 Å². The zero-order valence-electron chi connectivity index (χ0n) is 10.1. The maximum Gasteiger partial charge on any atom is 0.401 e. The van der Waals surface area contributed by atoms with E-state index in [1.807, 2.05) is 0 Å². The molecule has 0 aromatic heterocycles. The van der Waals surface area contributed by atoms with Crippen LogP contribution in [0.4, 0.5) is 13.2 Å². The first kappa shape index (κ1) is 16.2. The van der Waals surface area contributed by atoms with Gasteiger partial charge in [0.15, 0.2) is 0 Å². The van der Waals surface area contributed by atoms with Gasteiger partial charge in [-0.2, -0.15) is 13.2 Å². The van der Waals surface area contributed by atoms with E-state index >= 15 is 0 Å². The van der Waals surface area contributed by atoms with Crippen molar-refractivity contribution in [3.8, 4) is 0 Å². The molecular weight excluding hydrogens is 283 g/mol. The first-order chi connectivity index (χ1) is 8.87. The van der Waals surface area contributed by atoms with Gasteiger partial charge in [0.2, 0.25) is 0 Å². The first-order valence-corrected chi connectivity index (χ1v) is 6.02. The summed E-state index contributed by atoms with van der Waals surface area (Å²) in [6, 6.07) is 6.97. The molecule has 0 aliphatic carbocycles. The highest BCUT2D eigenvalue weighted by Crippen LogP contribution is 2.12. The van der Waals surface area contributed by atoms with E-state index in [0.29, 0.717) is 5.02 Å². The minimum atomic E-state index is -4.27. The average Bonchev–Trinajstić information content (AvgIpc) is 2.30.